The van der Waals surface area contributed by atoms with Crippen LogP contribution in [0.2, 0.25) is 0 Å². The average Bonchev–Trinajstić information content (AvgIpc) is 2.56. The van der Waals surface area contributed by atoms with E-state index in [4.69, 9.17) is 4.74 Å². The minimum Gasteiger partial charge on any atom is -0.466 e. The van der Waals surface area contributed by atoms with E-state index in [1.165, 1.54) is 23.8 Å². The minimum atomic E-state index is 0.273. The van der Waals surface area contributed by atoms with Crippen LogP contribution in [-0.2, 0) is 0 Å². The molecule has 2 aromatic carbocycles. The van der Waals surface area contributed by atoms with E-state index in [0.29, 0.717) is 0 Å². The Morgan fingerprint density at radius 3 is 1.86 bits per heavy atom. The second-order valence-corrected chi connectivity index (χ2v) is 4.77. The molecule has 0 unspecified atom stereocenters. The van der Waals surface area contributed by atoms with Gasteiger partial charge in [0.1, 0.15) is 5.69 Å². The van der Waals surface area contributed by atoms with Gasteiger partial charge >= 0.3 is 6.01 Å². The molecule has 0 spiro atoms. The zero-order valence-electron chi connectivity index (χ0n) is 11.9. The van der Waals surface area contributed by atoms with Crippen molar-refractivity contribution in [3.63, 3.8) is 0 Å². The lowest BCUT2D eigenvalue weighted by Crippen LogP contribution is -1.95. The lowest BCUT2D eigenvalue weighted by Gasteiger charge is -2.04. The quantitative estimate of drug-likeness (QED) is 0.735. The lowest BCUT2D eigenvalue weighted by atomic mass is 10.0. The Balaban J connectivity index is 1.87. The van der Waals surface area contributed by atoms with E-state index < -0.39 is 0 Å². The van der Waals surface area contributed by atoms with Crippen molar-refractivity contribution >= 4 is 0 Å². The van der Waals surface area contributed by atoms with Crippen molar-refractivity contribution < 1.29 is 4.74 Å². The van der Waals surface area contributed by atoms with E-state index >= 15 is 0 Å². The topological polar surface area (TPSA) is 47.9 Å². The monoisotopic (exact) mass is 277 g/mol. The highest BCUT2D eigenvalue weighted by atomic mass is 16.5. The number of hydrogen-bond donors (Lipinski definition) is 0. The van der Waals surface area contributed by atoms with Gasteiger partial charge in [0.2, 0.25) is 0 Å². The molecule has 0 N–H and O–H groups in total. The van der Waals surface area contributed by atoms with Gasteiger partial charge in [0.15, 0.2) is 0 Å². The zero-order valence-corrected chi connectivity index (χ0v) is 11.9. The Morgan fingerprint density at radius 1 is 0.762 bits per heavy atom. The Bertz CT molecular complexity index is 719. The fourth-order valence-corrected chi connectivity index (χ4v) is 2.07. The van der Waals surface area contributed by atoms with E-state index in [1.54, 1.807) is 6.20 Å². The number of benzene rings is 2. The predicted molar refractivity (Wildman–Crippen MR) is 82.0 cm³/mol. The van der Waals surface area contributed by atoms with Gasteiger partial charge in [-0.2, -0.15) is 0 Å². The highest BCUT2D eigenvalue weighted by molar-refractivity contribution is 5.68. The first-order valence-electron chi connectivity index (χ1n) is 6.67. The Labute approximate surface area is 123 Å². The summed E-state index contributed by atoms with van der Waals surface area (Å²) < 4.78 is 4.91. The van der Waals surface area contributed by atoms with Crippen molar-refractivity contribution in [3.05, 3.63) is 60.3 Å². The van der Waals surface area contributed by atoms with E-state index in [9.17, 15) is 0 Å². The van der Waals surface area contributed by atoms with Gasteiger partial charge in [-0.3, -0.25) is 0 Å². The van der Waals surface area contributed by atoms with E-state index in [0.717, 1.165) is 11.3 Å². The minimum absolute atomic E-state index is 0.273. The number of aryl methyl sites for hydroxylation is 1. The Morgan fingerprint density at radius 2 is 1.33 bits per heavy atom. The molecule has 4 nitrogen and oxygen atoms in total. The molecule has 0 fully saturated rings. The van der Waals surface area contributed by atoms with Crippen LogP contribution in [0.3, 0.4) is 0 Å². The summed E-state index contributed by atoms with van der Waals surface area (Å²) in [6, 6.07) is 16.9. The highest BCUT2D eigenvalue weighted by Crippen LogP contribution is 2.23. The molecule has 1 aromatic heterocycles. The molecule has 0 saturated heterocycles. The predicted octanol–water partition coefficient (Wildman–Crippen LogP) is 3.52. The van der Waals surface area contributed by atoms with Crippen LogP contribution < -0.4 is 4.74 Å². The van der Waals surface area contributed by atoms with Crippen molar-refractivity contribution in [2.24, 2.45) is 0 Å². The summed E-state index contributed by atoms with van der Waals surface area (Å²) in [6.07, 6.45) is 1.66. The summed E-state index contributed by atoms with van der Waals surface area (Å²) in [6.45, 7) is 2.09. The van der Waals surface area contributed by atoms with Crippen LogP contribution in [0.4, 0.5) is 0 Å². The molecule has 0 radical (unpaired) electrons. The van der Waals surface area contributed by atoms with Crippen molar-refractivity contribution in [2.45, 2.75) is 6.92 Å². The molecule has 3 aromatic rings. The third kappa shape index (κ3) is 2.89. The van der Waals surface area contributed by atoms with Crippen LogP contribution >= 0.6 is 0 Å². The first-order valence-corrected chi connectivity index (χ1v) is 6.67. The third-order valence-corrected chi connectivity index (χ3v) is 3.29. The number of methoxy groups -OCH3 is 1. The molecule has 0 atom stereocenters. The Hall–Kier alpha value is -2.75. The van der Waals surface area contributed by atoms with Crippen molar-refractivity contribution in [1.82, 2.24) is 15.2 Å². The van der Waals surface area contributed by atoms with Gasteiger partial charge in [-0.25, -0.2) is 4.98 Å². The van der Waals surface area contributed by atoms with Crippen LogP contribution in [-0.4, -0.2) is 22.3 Å². The molecule has 21 heavy (non-hydrogen) atoms. The molecule has 4 heteroatoms. The van der Waals surface area contributed by atoms with E-state index in [-0.39, 0.29) is 6.01 Å². The highest BCUT2D eigenvalue weighted by Gasteiger charge is 2.03. The Kier molecular flexibility index (Phi) is 3.60. The second kappa shape index (κ2) is 5.71. The maximum Gasteiger partial charge on any atom is 0.335 e. The summed E-state index contributed by atoms with van der Waals surface area (Å²) in [5.41, 5.74) is 5.34. The molecular weight excluding hydrogens is 262 g/mol. The number of aromatic nitrogens is 3. The molecule has 0 aliphatic heterocycles. The lowest BCUT2D eigenvalue weighted by molar-refractivity contribution is 0.373. The second-order valence-electron chi connectivity index (χ2n) is 4.77. The molecule has 3 rings (SSSR count). The molecule has 1 heterocycles. The largest absolute Gasteiger partial charge is 0.466 e. The molecule has 0 aliphatic carbocycles. The summed E-state index contributed by atoms with van der Waals surface area (Å²) in [7, 11) is 1.52. The van der Waals surface area contributed by atoms with Crippen LogP contribution in [0.5, 0.6) is 6.01 Å². The van der Waals surface area contributed by atoms with Crippen LogP contribution in [0, 0.1) is 6.92 Å². The molecule has 104 valence electrons. The number of ether oxygens (including phenoxy) is 1. The fourth-order valence-electron chi connectivity index (χ4n) is 2.07. The normalized spacial score (nSPS) is 10.4. The average molecular weight is 277 g/mol. The van der Waals surface area contributed by atoms with Gasteiger partial charge in [0.05, 0.1) is 13.3 Å². The summed E-state index contributed by atoms with van der Waals surface area (Å²) in [5.74, 6) is 0. The van der Waals surface area contributed by atoms with Crippen molar-refractivity contribution in [2.75, 3.05) is 7.11 Å². The third-order valence-electron chi connectivity index (χ3n) is 3.29. The summed E-state index contributed by atoms with van der Waals surface area (Å²) in [5, 5.41) is 7.98. The fraction of sp³-hybridized carbons (Fsp3) is 0.118. The number of hydrogen-bond acceptors (Lipinski definition) is 4. The SMILES string of the molecule is COc1ncc(-c2ccc(-c3ccc(C)cc3)cc2)nn1. The summed E-state index contributed by atoms with van der Waals surface area (Å²) in [4.78, 5) is 4.07. The van der Waals surface area contributed by atoms with Crippen molar-refractivity contribution in [1.29, 1.82) is 0 Å². The zero-order chi connectivity index (χ0) is 14.7. The van der Waals surface area contributed by atoms with Gasteiger partial charge in [0.25, 0.3) is 0 Å². The van der Waals surface area contributed by atoms with E-state index in [2.05, 4.69) is 58.5 Å². The molecule has 0 bridgehead atoms. The first-order chi connectivity index (χ1) is 10.3. The van der Waals surface area contributed by atoms with Crippen LogP contribution in [0.15, 0.2) is 54.7 Å². The van der Waals surface area contributed by atoms with Gasteiger partial charge in [-0.1, -0.05) is 59.2 Å². The van der Waals surface area contributed by atoms with Gasteiger partial charge in [-0.15, -0.1) is 5.10 Å². The van der Waals surface area contributed by atoms with Crippen molar-refractivity contribution in [3.8, 4) is 28.4 Å². The molecule has 0 aliphatic rings. The maximum absolute atomic E-state index is 4.91. The number of nitrogens with zero attached hydrogens (tertiary/aromatic N) is 3. The first kappa shape index (κ1) is 13.2. The van der Waals surface area contributed by atoms with Gasteiger partial charge in [0, 0.05) is 5.56 Å². The smallest absolute Gasteiger partial charge is 0.335 e. The van der Waals surface area contributed by atoms with E-state index in [1.807, 2.05) is 12.1 Å². The standard InChI is InChI=1S/C17H15N3O/c1-12-3-5-13(6-4-12)14-7-9-15(10-8-14)16-11-18-17(21-2)20-19-16/h3-11H,1-2H3. The van der Waals surface area contributed by atoms with Gasteiger partial charge < -0.3 is 4.74 Å². The molecule has 0 saturated carbocycles. The molecular formula is C17H15N3O. The maximum atomic E-state index is 4.91. The van der Waals surface area contributed by atoms with Crippen LogP contribution in [0.25, 0.3) is 22.4 Å². The summed E-state index contributed by atoms with van der Waals surface area (Å²) >= 11 is 0. The van der Waals surface area contributed by atoms with Gasteiger partial charge in [-0.05, 0) is 18.1 Å². The number of rotatable bonds is 3. The molecule has 0 amide bonds. The van der Waals surface area contributed by atoms with Crippen LogP contribution in [0.1, 0.15) is 5.56 Å².